The molecule has 3 heteroatoms. The number of ketones is 1. The highest BCUT2D eigenvalue weighted by molar-refractivity contribution is 5.95. The minimum Gasteiger partial charge on any atom is -0.478 e. The summed E-state index contributed by atoms with van der Waals surface area (Å²) in [6.07, 6.45) is 4.70. The molecule has 0 bridgehead atoms. The number of allylic oxidation sites excluding steroid dienone is 3. The molecule has 0 aliphatic heterocycles. The number of aliphatic carboxylic acids is 1. The molecule has 98 valence electrons. The van der Waals surface area contributed by atoms with Gasteiger partial charge in [-0.1, -0.05) is 25.5 Å². The maximum absolute atomic E-state index is 11.7. The minimum atomic E-state index is -0.866. The summed E-state index contributed by atoms with van der Waals surface area (Å²) < 4.78 is 0. The highest BCUT2D eigenvalue weighted by Gasteiger charge is 2.42. The molecule has 0 spiro atoms. The zero-order valence-corrected chi connectivity index (χ0v) is 11.1. The lowest BCUT2D eigenvalue weighted by atomic mass is 9.62. The third-order valence-corrected chi connectivity index (χ3v) is 4.34. The number of carboxylic acids is 1. The van der Waals surface area contributed by atoms with Crippen LogP contribution in [0.15, 0.2) is 23.3 Å². The fourth-order valence-corrected chi connectivity index (χ4v) is 3.50. The van der Waals surface area contributed by atoms with Gasteiger partial charge in [-0.25, -0.2) is 4.79 Å². The number of hydrogen-bond donors (Lipinski definition) is 1. The van der Waals surface area contributed by atoms with Crippen molar-refractivity contribution in [2.75, 3.05) is 0 Å². The Kier molecular flexibility index (Phi) is 3.42. The number of carboxylic acid groups (broad SMARTS) is 1. The number of carbonyl (C=O) groups excluding carboxylic acids is 1. The van der Waals surface area contributed by atoms with Gasteiger partial charge < -0.3 is 5.11 Å². The second-order valence-electron chi connectivity index (χ2n) is 5.80. The van der Waals surface area contributed by atoms with Gasteiger partial charge in [0.05, 0.1) is 0 Å². The Labute approximate surface area is 108 Å². The molecule has 3 atom stereocenters. The predicted molar refractivity (Wildman–Crippen MR) is 69.0 cm³/mol. The lowest BCUT2D eigenvalue weighted by Gasteiger charge is -2.41. The second-order valence-corrected chi connectivity index (χ2v) is 5.80. The third-order valence-electron chi connectivity index (χ3n) is 4.34. The van der Waals surface area contributed by atoms with Gasteiger partial charge in [-0.2, -0.15) is 0 Å². The summed E-state index contributed by atoms with van der Waals surface area (Å²) >= 11 is 0. The zero-order chi connectivity index (χ0) is 13.4. The van der Waals surface area contributed by atoms with Gasteiger partial charge in [0.25, 0.3) is 0 Å². The van der Waals surface area contributed by atoms with E-state index in [1.54, 1.807) is 6.08 Å². The molecule has 2 rings (SSSR count). The molecule has 0 unspecified atom stereocenters. The quantitative estimate of drug-likeness (QED) is 0.817. The van der Waals surface area contributed by atoms with Gasteiger partial charge in [0, 0.05) is 17.9 Å². The first-order valence-corrected chi connectivity index (χ1v) is 6.56. The van der Waals surface area contributed by atoms with Crippen molar-refractivity contribution in [2.24, 2.45) is 23.7 Å². The molecule has 0 radical (unpaired) electrons. The topological polar surface area (TPSA) is 54.4 Å². The van der Waals surface area contributed by atoms with Gasteiger partial charge in [-0.05, 0) is 37.2 Å². The first-order valence-electron chi connectivity index (χ1n) is 6.56. The SMILES string of the molecule is CC1=CC(=O)C[C@H]2C(C(=O)O)=CC[C@H](C(C)C)[C@@H]12. The van der Waals surface area contributed by atoms with Gasteiger partial charge >= 0.3 is 5.97 Å². The Balaban J connectivity index is 2.44. The van der Waals surface area contributed by atoms with Crippen LogP contribution in [0.5, 0.6) is 0 Å². The molecule has 0 heterocycles. The fourth-order valence-electron chi connectivity index (χ4n) is 3.50. The number of rotatable bonds is 2. The van der Waals surface area contributed by atoms with Gasteiger partial charge in [0.15, 0.2) is 5.78 Å². The highest BCUT2D eigenvalue weighted by Crippen LogP contribution is 2.46. The van der Waals surface area contributed by atoms with E-state index in [1.807, 2.05) is 13.0 Å². The van der Waals surface area contributed by atoms with Crippen molar-refractivity contribution in [3.63, 3.8) is 0 Å². The zero-order valence-electron chi connectivity index (χ0n) is 11.1. The van der Waals surface area contributed by atoms with E-state index in [2.05, 4.69) is 13.8 Å². The summed E-state index contributed by atoms with van der Waals surface area (Å²) in [5, 5.41) is 9.28. The smallest absolute Gasteiger partial charge is 0.331 e. The van der Waals surface area contributed by atoms with Gasteiger partial charge in [-0.3, -0.25) is 4.79 Å². The van der Waals surface area contributed by atoms with Gasteiger partial charge in [-0.15, -0.1) is 0 Å². The Bertz CT molecular complexity index is 443. The van der Waals surface area contributed by atoms with Crippen LogP contribution in [0.4, 0.5) is 0 Å². The average molecular weight is 248 g/mol. The molecule has 2 aliphatic rings. The van der Waals surface area contributed by atoms with Crippen LogP contribution in [0, 0.1) is 23.7 Å². The summed E-state index contributed by atoms with van der Waals surface area (Å²) in [6, 6.07) is 0. The Morgan fingerprint density at radius 3 is 2.67 bits per heavy atom. The summed E-state index contributed by atoms with van der Waals surface area (Å²) in [5.41, 5.74) is 1.50. The minimum absolute atomic E-state index is 0.0605. The monoisotopic (exact) mass is 248 g/mol. The first kappa shape index (κ1) is 13.1. The van der Waals surface area contributed by atoms with Crippen LogP contribution in [0.2, 0.25) is 0 Å². The molecule has 0 saturated carbocycles. The van der Waals surface area contributed by atoms with Crippen LogP contribution in [0.1, 0.15) is 33.6 Å². The maximum atomic E-state index is 11.7. The van der Waals surface area contributed by atoms with Crippen LogP contribution >= 0.6 is 0 Å². The van der Waals surface area contributed by atoms with E-state index in [-0.39, 0.29) is 17.6 Å². The Morgan fingerprint density at radius 2 is 2.11 bits per heavy atom. The summed E-state index contributed by atoms with van der Waals surface area (Å²) in [6.45, 7) is 6.31. The summed E-state index contributed by atoms with van der Waals surface area (Å²) in [4.78, 5) is 23.0. The van der Waals surface area contributed by atoms with E-state index in [0.717, 1.165) is 12.0 Å². The number of hydrogen-bond acceptors (Lipinski definition) is 2. The second kappa shape index (κ2) is 4.71. The molecule has 0 fully saturated rings. The molecule has 3 nitrogen and oxygen atoms in total. The molecular weight excluding hydrogens is 228 g/mol. The molecule has 0 aromatic rings. The molecule has 0 aromatic heterocycles. The van der Waals surface area contributed by atoms with E-state index in [0.29, 0.717) is 23.8 Å². The predicted octanol–water partition coefficient (Wildman–Crippen LogP) is 2.82. The van der Waals surface area contributed by atoms with Crippen molar-refractivity contribution in [2.45, 2.75) is 33.6 Å². The molecular formula is C15H20O3. The molecule has 0 amide bonds. The molecule has 2 aliphatic carbocycles. The first-order chi connectivity index (χ1) is 8.41. The summed E-state index contributed by atoms with van der Waals surface area (Å²) in [5.74, 6) is 0.239. The number of carbonyl (C=O) groups is 2. The fraction of sp³-hybridized carbons (Fsp3) is 0.600. The van der Waals surface area contributed by atoms with Crippen molar-refractivity contribution in [1.82, 2.24) is 0 Å². The van der Waals surface area contributed by atoms with Crippen LogP contribution in [-0.4, -0.2) is 16.9 Å². The van der Waals surface area contributed by atoms with Crippen molar-refractivity contribution in [1.29, 1.82) is 0 Å². The molecule has 0 aromatic carbocycles. The van der Waals surface area contributed by atoms with E-state index < -0.39 is 5.97 Å². The van der Waals surface area contributed by atoms with E-state index >= 15 is 0 Å². The summed E-state index contributed by atoms with van der Waals surface area (Å²) in [7, 11) is 0. The standard InChI is InChI=1S/C15H20O3/c1-8(2)11-4-5-12(15(17)18)13-7-10(16)6-9(3)14(11)13/h5-6,8,11,13-14H,4,7H2,1-3H3,(H,17,18)/t11-,13+,14-/m1/s1. The van der Waals surface area contributed by atoms with Gasteiger partial charge in [0.1, 0.15) is 0 Å². The normalized spacial score (nSPS) is 31.8. The van der Waals surface area contributed by atoms with Crippen LogP contribution < -0.4 is 0 Å². The average Bonchev–Trinajstić information content (AvgIpc) is 2.26. The lowest BCUT2D eigenvalue weighted by Crippen LogP contribution is -2.38. The van der Waals surface area contributed by atoms with E-state index in [9.17, 15) is 14.7 Å². The number of fused-ring (bicyclic) bond motifs is 1. The Hall–Kier alpha value is -1.38. The van der Waals surface area contributed by atoms with Crippen LogP contribution in [-0.2, 0) is 9.59 Å². The van der Waals surface area contributed by atoms with Crippen molar-refractivity contribution >= 4 is 11.8 Å². The van der Waals surface area contributed by atoms with Crippen molar-refractivity contribution in [3.05, 3.63) is 23.3 Å². The Morgan fingerprint density at radius 1 is 1.44 bits per heavy atom. The van der Waals surface area contributed by atoms with E-state index in [1.165, 1.54) is 0 Å². The largest absolute Gasteiger partial charge is 0.478 e. The highest BCUT2D eigenvalue weighted by atomic mass is 16.4. The van der Waals surface area contributed by atoms with E-state index in [4.69, 9.17) is 0 Å². The third kappa shape index (κ3) is 2.14. The lowest BCUT2D eigenvalue weighted by molar-refractivity contribution is -0.133. The molecule has 1 N–H and O–H groups in total. The van der Waals surface area contributed by atoms with Crippen molar-refractivity contribution in [3.8, 4) is 0 Å². The molecule has 0 saturated heterocycles. The van der Waals surface area contributed by atoms with Crippen LogP contribution in [0.3, 0.4) is 0 Å². The van der Waals surface area contributed by atoms with Crippen LogP contribution in [0.25, 0.3) is 0 Å². The van der Waals surface area contributed by atoms with Crippen molar-refractivity contribution < 1.29 is 14.7 Å². The van der Waals surface area contributed by atoms with Gasteiger partial charge in [0.2, 0.25) is 0 Å². The maximum Gasteiger partial charge on any atom is 0.331 e. The molecule has 18 heavy (non-hydrogen) atoms.